The lowest BCUT2D eigenvalue weighted by Crippen LogP contribution is -2.33. The predicted molar refractivity (Wildman–Crippen MR) is 64.1 cm³/mol. The third-order valence-corrected chi connectivity index (χ3v) is 2.04. The summed E-state index contributed by atoms with van der Waals surface area (Å²) in [7, 11) is 0. The van der Waals surface area contributed by atoms with Crippen molar-refractivity contribution in [2.24, 2.45) is 5.92 Å². The number of aliphatic hydroxyl groups excluding tert-OH is 1. The van der Waals surface area contributed by atoms with Crippen molar-refractivity contribution in [3.8, 4) is 0 Å². The fourth-order valence-electron chi connectivity index (χ4n) is 1.37. The molecule has 0 fully saturated rings. The normalized spacial score (nSPS) is 13.3. The summed E-state index contributed by atoms with van der Waals surface area (Å²) in [6.45, 7) is 7.07. The van der Waals surface area contributed by atoms with Gasteiger partial charge in [0.2, 0.25) is 0 Å². The van der Waals surface area contributed by atoms with Crippen molar-refractivity contribution in [3.63, 3.8) is 0 Å². The summed E-state index contributed by atoms with van der Waals surface area (Å²) in [5.74, 6) is 0.215. The van der Waals surface area contributed by atoms with Gasteiger partial charge in [-0.05, 0) is 19.3 Å². The zero-order chi connectivity index (χ0) is 12.4. The first-order valence-corrected chi connectivity index (χ1v) is 5.77. The first-order chi connectivity index (χ1) is 7.60. The van der Waals surface area contributed by atoms with Gasteiger partial charge in [-0.2, -0.15) is 0 Å². The van der Waals surface area contributed by atoms with E-state index in [1.165, 1.54) is 6.08 Å². The highest BCUT2D eigenvalue weighted by molar-refractivity contribution is 5.81. The molecule has 0 amide bonds. The van der Waals surface area contributed by atoms with Crippen LogP contribution in [0.4, 0.5) is 0 Å². The van der Waals surface area contributed by atoms with E-state index in [0.717, 1.165) is 6.42 Å². The highest BCUT2D eigenvalue weighted by Crippen LogP contribution is 2.03. The van der Waals surface area contributed by atoms with Crippen molar-refractivity contribution in [2.45, 2.75) is 33.2 Å². The van der Waals surface area contributed by atoms with Crippen molar-refractivity contribution in [1.82, 2.24) is 5.32 Å². The van der Waals surface area contributed by atoms with Crippen LogP contribution in [0.25, 0.3) is 0 Å². The molecule has 1 unspecified atom stereocenters. The molecule has 4 nitrogen and oxygen atoms in total. The Hall–Kier alpha value is -0.870. The van der Waals surface area contributed by atoms with Gasteiger partial charge in [0, 0.05) is 18.7 Å². The summed E-state index contributed by atoms with van der Waals surface area (Å²) >= 11 is 0. The quantitative estimate of drug-likeness (QED) is 0.483. The second kappa shape index (κ2) is 9.36. The van der Waals surface area contributed by atoms with E-state index in [1.54, 1.807) is 13.0 Å². The van der Waals surface area contributed by atoms with Crippen molar-refractivity contribution in [2.75, 3.05) is 19.8 Å². The number of rotatable bonds is 8. The lowest BCUT2D eigenvalue weighted by molar-refractivity contribution is -0.137. The molecule has 0 bridgehead atoms. The van der Waals surface area contributed by atoms with E-state index in [-0.39, 0.29) is 18.6 Å². The highest BCUT2D eigenvalue weighted by atomic mass is 16.5. The Morgan fingerprint density at radius 3 is 2.69 bits per heavy atom. The molecule has 0 radical (unpaired) electrons. The number of carbonyl (C=O) groups excluding carboxylic acids is 1. The van der Waals surface area contributed by atoms with Gasteiger partial charge in [0.25, 0.3) is 0 Å². The number of ether oxygens (including phenoxy) is 1. The summed E-state index contributed by atoms with van der Waals surface area (Å²) < 4.78 is 4.74. The molecule has 16 heavy (non-hydrogen) atoms. The number of nitrogens with one attached hydrogen (secondary N) is 1. The average Bonchev–Trinajstić information content (AvgIpc) is 2.22. The Labute approximate surface area is 97.7 Å². The van der Waals surface area contributed by atoms with Gasteiger partial charge < -0.3 is 15.2 Å². The molecule has 0 aromatic heterocycles. The minimum Gasteiger partial charge on any atom is -0.463 e. The smallest absolute Gasteiger partial charge is 0.330 e. The van der Waals surface area contributed by atoms with Gasteiger partial charge in [0.05, 0.1) is 13.2 Å². The van der Waals surface area contributed by atoms with Crippen molar-refractivity contribution < 1.29 is 14.6 Å². The van der Waals surface area contributed by atoms with E-state index in [4.69, 9.17) is 9.84 Å². The molecule has 1 atom stereocenters. The molecule has 0 aromatic carbocycles. The van der Waals surface area contributed by atoms with Gasteiger partial charge in [-0.25, -0.2) is 4.79 Å². The molecule has 0 heterocycles. The minimum atomic E-state index is -0.325. The lowest BCUT2D eigenvalue weighted by Gasteiger charge is -2.16. The molecular weight excluding hydrogens is 206 g/mol. The lowest BCUT2D eigenvalue weighted by atomic mass is 10.0. The summed E-state index contributed by atoms with van der Waals surface area (Å²) in [6, 6.07) is 0.0897. The molecule has 4 heteroatoms. The van der Waals surface area contributed by atoms with Crippen LogP contribution >= 0.6 is 0 Å². The maximum atomic E-state index is 10.9. The predicted octanol–water partition coefficient (Wildman–Crippen LogP) is 1.10. The molecule has 0 aliphatic heterocycles. The maximum Gasteiger partial charge on any atom is 0.330 e. The Bertz CT molecular complexity index is 214. The zero-order valence-electron chi connectivity index (χ0n) is 10.4. The van der Waals surface area contributed by atoms with E-state index < -0.39 is 0 Å². The van der Waals surface area contributed by atoms with E-state index >= 15 is 0 Å². The molecule has 0 saturated carbocycles. The zero-order valence-corrected chi connectivity index (χ0v) is 10.4. The van der Waals surface area contributed by atoms with Gasteiger partial charge in [-0.1, -0.05) is 19.9 Å². The Kier molecular flexibility index (Phi) is 8.85. The SMILES string of the molecule is CCOC(=O)/C=C/CNC(CO)CC(C)C. The molecular formula is C12H23NO3. The first-order valence-electron chi connectivity index (χ1n) is 5.77. The monoisotopic (exact) mass is 229 g/mol. The fraction of sp³-hybridized carbons (Fsp3) is 0.750. The minimum absolute atomic E-state index is 0.0897. The summed E-state index contributed by atoms with van der Waals surface area (Å²) in [6.07, 6.45) is 4.03. The van der Waals surface area contributed by atoms with Crippen LogP contribution in [-0.2, 0) is 9.53 Å². The molecule has 0 rings (SSSR count). The van der Waals surface area contributed by atoms with E-state index in [0.29, 0.717) is 19.1 Å². The number of carbonyl (C=O) groups is 1. The Morgan fingerprint density at radius 1 is 1.50 bits per heavy atom. The van der Waals surface area contributed by atoms with Gasteiger partial charge in [0.1, 0.15) is 0 Å². The molecule has 2 N–H and O–H groups in total. The van der Waals surface area contributed by atoms with Crippen LogP contribution in [0.5, 0.6) is 0 Å². The third-order valence-electron chi connectivity index (χ3n) is 2.04. The van der Waals surface area contributed by atoms with Gasteiger partial charge >= 0.3 is 5.97 Å². The number of aliphatic hydroxyl groups is 1. The van der Waals surface area contributed by atoms with Crippen LogP contribution in [-0.4, -0.2) is 36.9 Å². The fourth-order valence-corrected chi connectivity index (χ4v) is 1.37. The maximum absolute atomic E-state index is 10.9. The highest BCUT2D eigenvalue weighted by Gasteiger charge is 2.07. The molecule has 0 aliphatic rings. The standard InChI is InChI=1S/C12H23NO3/c1-4-16-12(15)6-5-7-13-11(9-14)8-10(2)3/h5-6,10-11,13-14H,4,7-9H2,1-3H3/b6-5+. The molecule has 0 spiro atoms. The topological polar surface area (TPSA) is 58.6 Å². The third kappa shape index (κ3) is 8.44. The van der Waals surface area contributed by atoms with Crippen LogP contribution < -0.4 is 5.32 Å². The molecule has 94 valence electrons. The number of esters is 1. The van der Waals surface area contributed by atoms with E-state index in [9.17, 15) is 4.79 Å². The van der Waals surface area contributed by atoms with Crippen LogP contribution in [0.3, 0.4) is 0 Å². The van der Waals surface area contributed by atoms with Crippen LogP contribution in [0.15, 0.2) is 12.2 Å². The van der Waals surface area contributed by atoms with Crippen LogP contribution in [0.1, 0.15) is 27.2 Å². The van der Waals surface area contributed by atoms with E-state index in [1.807, 2.05) is 0 Å². The summed E-state index contributed by atoms with van der Waals surface area (Å²) in [5.41, 5.74) is 0. The van der Waals surface area contributed by atoms with Gasteiger partial charge in [-0.3, -0.25) is 0 Å². The number of hydrogen-bond acceptors (Lipinski definition) is 4. The van der Waals surface area contributed by atoms with Gasteiger partial charge in [0.15, 0.2) is 0 Å². The van der Waals surface area contributed by atoms with Crippen molar-refractivity contribution in [3.05, 3.63) is 12.2 Å². The second-order valence-corrected chi connectivity index (χ2v) is 4.07. The van der Waals surface area contributed by atoms with Crippen molar-refractivity contribution in [1.29, 1.82) is 0 Å². The molecule has 0 aliphatic carbocycles. The second-order valence-electron chi connectivity index (χ2n) is 4.07. The average molecular weight is 229 g/mol. The summed E-state index contributed by atoms with van der Waals surface area (Å²) in [5, 5.41) is 12.2. The molecule has 0 aromatic rings. The summed E-state index contributed by atoms with van der Waals surface area (Å²) in [4.78, 5) is 10.9. The molecule has 0 saturated heterocycles. The number of hydrogen-bond donors (Lipinski definition) is 2. The van der Waals surface area contributed by atoms with Gasteiger partial charge in [-0.15, -0.1) is 0 Å². The Morgan fingerprint density at radius 2 is 2.19 bits per heavy atom. The van der Waals surface area contributed by atoms with E-state index in [2.05, 4.69) is 19.2 Å². The van der Waals surface area contributed by atoms with Crippen LogP contribution in [0.2, 0.25) is 0 Å². The first kappa shape index (κ1) is 15.1. The Balaban J connectivity index is 3.73. The van der Waals surface area contributed by atoms with Crippen LogP contribution in [0, 0.1) is 5.92 Å². The largest absolute Gasteiger partial charge is 0.463 e. The van der Waals surface area contributed by atoms with Crippen molar-refractivity contribution >= 4 is 5.97 Å².